The van der Waals surface area contributed by atoms with Gasteiger partial charge in [-0.05, 0) is 6.42 Å². The Hall–Kier alpha value is -1.21. The molecule has 116 valence electrons. The average molecular weight is 335 g/mol. The maximum Gasteiger partial charge on any atom is 0.241 e. The largest absolute Gasteiger partial charge is 0.486 e. The number of hydrogen-bond acceptors (Lipinski definition) is 5. The van der Waals surface area contributed by atoms with E-state index < -0.39 is 12.1 Å². The molecule has 8 heteroatoms. The van der Waals surface area contributed by atoms with Crippen LogP contribution in [-0.4, -0.2) is 42.9 Å². The van der Waals surface area contributed by atoms with Gasteiger partial charge in [0.15, 0.2) is 11.5 Å². The van der Waals surface area contributed by atoms with Crippen LogP contribution in [0.5, 0.6) is 11.5 Å². The first kappa shape index (κ1) is 16.2. The van der Waals surface area contributed by atoms with E-state index in [1.807, 2.05) is 0 Å². The molecule has 1 amide bonds. The summed E-state index contributed by atoms with van der Waals surface area (Å²) in [5.74, 6) is 0.921. The number of halogens is 2. The van der Waals surface area contributed by atoms with Crippen LogP contribution in [0.3, 0.4) is 0 Å². The second-order valence-electron chi connectivity index (χ2n) is 4.82. The van der Waals surface area contributed by atoms with Crippen LogP contribution >= 0.6 is 24.0 Å². The van der Waals surface area contributed by atoms with Crippen molar-refractivity contribution in [3.8, 4) is 11.5 Å². The van der Waals surface area contributed by atoms with Gasteiger partial charge in [0.05, 0.1) is 22.9 Å². The van der Waals surface area contributed by atoms with Crippen molar-refractivity contribution in [3.63, 3.8) is 0 Å². The van der Waals surface area contributed by atoms with Crippen LogP contribution in [0, 0.1) is 0 Å². The zero-order chi connectivity index (χ0) is 14.1. The molecule has 2 atom stereocenters. The minimum atomic E-state index is -0.485. The van der Waals surface area contributed by atoms with Crippen molar-refractivity contribution >= 4 is 35.6 Å². The molecule has 1 aromatic rings. The molecule has 0 bridgehead atoms. The SMILES string of the molecule is Cl.O=C(Nc1cc2c(cc1Cl)OCCO2)C1CC(O)CN1. The molecule has 2 heterocycles. The molecule has 21 heavy (non-hydrogen) atoms. The Bertz CT molecular complexity index is 541. The highest BCUT2D eigenvalue weighted by Crippen LogP contribution is 2.38. The van der Waals surface area contributed by atoms with Crippen molar-refractivity contribution in [2.45, 2.75) is 18.6 Å². The highest BCUT2D eigenvalue weighted by atomic mass is 35.5. The zero-order valence-electron chi connectivity index (χ0n) is 11.1. The Labute approximate surface area is 133 Å². The van der Waals surface area contributed by atoms with Crippen LogP contribution in [0.4, 0.5) is 5.69 Å². The number of carbonyl (C=O) groups is 1. The van der Waals surface area contributed by atoms with Gasteiger partial charge >= 0.3 is 0 Å². The second-order valence-corrected chi connectivity index (χ2v) is 5.22. The van der Waals surface area contributed by atoms with E-state index in [9.17, 15) is 9.90 Å². The summed E-state index contributed by atoms with van der Waals surface area (Å²) in [5.41, 5.74) is 0.476. The van der Waals surface area contributed by atoms with E-state index in [-0.39, 0.29) is 18.3 Å². The first-order valence-corrected chi connectivity index (χ1v) is 6.83. The van der Waals surface area contributed by atoms with Gasteiger partial charge in [0.25, 0.3) is 0 Å². The highest BCUT2D eigenvalue weighted by Gasteiger charge is 2.28. The number of ether oxygens (including phenoxy) is 2. The molecule has 6 nitrogen and oxygen atoms in total. The lowest BCUT2D eigenvalue weighted by molar-refractivity contribution is -0.117. The van der Waals surface area contributed by atoms with Crippen molar-refractivity contribution in [1.29, 1.82) is 0 Å². The third-order valence-electron chi connectivity index (χ3n) is 3.31. The minimum Gasteiger partial charge on any atom is -0.486 e. The van der Waals surface area contributed by atoms with E-state index in [1.165, 1.54) is 0 Å². The predicted octanol–water partition coefficient (Wildman–Crippen LogP) is 1.19. The van der Waals surface area contributed by atoms with Crippen LogP contribution < -0.4 is 20.1 Å². The van der Waals surface area contributed by atoms with Crippen LogP contribution in [0.2, 0.25) is 5.02 Å². The Balaban J connectivity index is 0.00000161. The maximum absolute atomic E-state index is 12.1. The molecule has 0 saturated carbocycles. The van der Waals surface area contributed by atoms with Crippen molar-refractivity contribution < 1.29 is 19.4 Å². The number of nitrogens with one attached hydrogen (secondary N) is 2. The Morgan fingerprint density at radius 2 is 2.00 bits per heavy atom. The number of carbonyl (C=O) groups excluding carboxylic acids is 1. The summed E-state index contributed by atoms with van der Waals surface area (Å²) in [6.07, 6.45) is -0.0879. The van der Waals surface area contributed by atoms with Crippen molar-refractivity contribution in [3.05, 3.63) is 17.2 Å². The standard InChI is InChI=1S/C13H15ClN2O4.ClH/c14-8-4-11-12(20-2-1-19-11)5-9(8)16-13(18)10-3-7(17)6-15-10;/h4-5,7,10,15,17H,1-3,6H2,(H,16,18);1H. The molecule has 1 fully saturated rings. The van der Waals surface area contributed by atoms with Gasteiger partial charge in [0.2, 0.25) is 5.91 Å². The third kappa shape index (κ3) is 3.52. The Morgan fingerprint density at radius 1 is 1.33 bits per heavy atom. The van der Waals surface area contributed by atoms with E-state index in [1.54, 1.807) is 12.1 Å². The van der Waals surface area contributed by atoms with E-state index in [0.29, 0.717) is 48.4 Å². The van der Waals surface area contributed by atoms with Gasteiger partial charge < -0.3 is 25.2 Å². The Kier molecular flexibility index (Phi) is 5.16. The summed E-state index contributed by atoms with van der Waals surface area (Å²) in [6, 6.07) is 2.87. The van der Waals surface area contributed by atoms with Crippen LogP contribution in [0.25, 0.3) is 0 Å². The van der Waals surface area contributed by atoms with E-state index in [2.05, 4.69) is 10.6 Å². The quantitative estimate of drug-likeness (QED) is 0.757. The maximum atomic E-state index is 12.1. The molecule has 1 aromatic carbocycles. The van der Waals surface area contributed by atoms with E-state index in [4.69, 9.17) is 21.1 Å². The van der Waals surface area contributed by atoms with Gasteiger partial charge in [-0.15, -0.1) is 12.4 Å². The Morgan fingerprint density at radius 3 is 2.62 bits per heavy atom. The summed E-state index contributed by atoms with van der Waals surface area (Å²) >= 11 is 6.12. The van der Waals surface area contributed by atoms with Gasteiger partial charge in [-0.2, -0.15) is 0 Å². The third-order valence-corrected chi connectivity index (χ3v) is 3.63. The van der Waals surface area contributed by atoms with Crippen LogP contribution in [-0.2, 0) is 4.79 Å². The highest BCUT2D eigenvalue weighted by molar-refractivity contribution is 6.34. The second kappa shape index (κ2) is 6.70. The first-order valence-electron chi connectivity index (χ1n) is 6.45. The monoisotopic (exact) mass is 334 g/mol. The molecular formula is C13H16Cl2N2O4. The molecule has 2 unspecified atom stereocenters. The lowest BCUT2D eigenvalue weighted by Crippen LogP contribution is -2.35. The number of amides is 1. The van der Waals surface area contributed by atoms with E-state index >= 15 is 0 Å². The molecule has 0 radical (unpaired) electrons. The van der Waals surface area contributed by atoms with Crippen molar-refractivity contribution in [1.82, 2.24) is 5.32 Å². The number of rotatable bonds is 2. The number of hydrogen-bond donors (Lipinski definition) is 3. The fraction of sp³-hybridized carbons (Fsp3) is 0.462. The summed E-state index contributed by atoms with van der Waals surface area (Å²) in [6.45, 7) is 1.38. The molecular weight excluding hydrogens is 319 g/mol. The van der Waals surface area contributed by atoms with Gasteiger partial charge in [-0.1, -0.05) is 11.6 Å². The molecule has 2 aliphatic heterocycles. The fourth-order valence-corrected chi connectivity index (χ4v) is 2.50. The number of aliphatic hydroxyl groups excluding tert-OH is 1. The molecule has 0 spiro atoms. The van der Waals surface area contributed by atoms with Gasteiger partial charge in [0, 0.05) is 18.7 Å². The molecule has 1 saturated heterocycles. The lowest BCUT2D eigenvalue weighted by Gasteiger charge is -2.20. The van der Waals surface area contributed by atoms with Gasteiger partial charge in [-0.25, -0.2) is 0 Å². The number of aliphatic hydroxyl groups is 1. The topological polar surface area (TPSA) is 79.8 Å². The lowest BCUT2D eigenvalue weighted by atomic mass is 10.2. The molecule has 3 rings (SSSR count). The average Bonchev–Trinajstić information content (AvgIpc) is 2.86. The number of benzene rings is 1. The van der Waals surface area contributed by atoms with Gasteiger partial charge in [-0.3, -0.25) is 4.79 Å². The number of anilines is 1. The van der Waals surface area contributed by atoms with Crippen LogP contribution in [0.15, 0.2) is 12.1 Å². The fourth-order valence-electron chi connectivity index (χ4n) is 2.30. The molecule has 0 aromatic heterocycles. The minimum absolute atomic E-state index is 0. The van der Waals surface area contributed by atoms with Gasteiger partial charge in [0.1, 0.15) is 13.2 Å². The summed E-state index contributed by atoms with van der Waals surface area (Å²) < 4.78 is 10.9. The first-order chi connectivity index (χ1) is 9.63. The molecule has 2 aliphatic rings. The number of β-amino-alcohol motifs (C(OH)–C–C–N with tert-alkyl or cyclic N) is 1. The number of fused-ring (bicyclic) bond motifs is 1. The predicted molar refractivity (Wildman–Crippen MR) is 80.7 cm³/mol. The van der Waals surface area contributed by atoms with Crippen molar-refractivity contribution in [2.24, 2.45) is 0 Å². The van der Waals surface area contributed by atoms with Crippen molar-refractivity contribution in [2.75, 3.05) is 25.1 Å². The molecule has 0 aliphatic carbocycles. The summed E-state index contributed by atoms with van der Waals surface area (Å²) in [4.78, 5) is 12.1. The summed E-state index contributed by atoms with van der Waals surface area (Å²) in [5, 5.41) is 15.5. The van der Waals surface area contributed by atoms with Crippen LogP contribution in [0.1, 0.15) is 6.42 Å². The zero-order valence-corrected chi connectivity index (χ0v) is 12.7. The van der Waals surface area contributed by atoms with E-state index in [0.717, 1.165) is 0 Å². The smallest absolute Gasteiger partial charge is 0.241 e. The summed E-state index contributed by atoms with van der Waals surface area (Å²) in [7, 11) is 0. The molecule has 3 N–H and O–H groups in total. The normalized spacial score (nSPS) is 23.3.